The van der Waals surface area contributed by atoms with E-state index in [4.69, 9.17) is 4.74 Å². The molecule has 1 aliphatic rings. The summed E-state index contributed by atoms with van der Waals surface area (Å²) < 4.78 is 5.51. The second-order valence-corrected chi connectivity index (χ2v) is 7.46. The summed E-state index contributed by atoms with van der Waals surface area (Å²) in [5.74, 6) is 0. The van der Waals surface area contributed by atoms with E-state index >= 15 is 0 Å². The predicted octanol–water partition coefficient (Wildman–Crippen LogP) is 3.64. The zero-order valence-electron chi connectivity index (χ0n) is 15.0. The number of hydrogen-bond acceptors (Lipinski definition) is 5. The monoisotopic (exact) mass is 350 g/mol. The molecule has 0 aromatic heterocycles. The summed E-state index contributed by atoms with van der Waals surface area (Å²) in [6, 6.07) is 6.33. The third-order valence-corrected chi connectivity index (χ3v) is 4.26. The SMILES string of the molecule is CC(C)(C)OC(=O)N(Cc1ccccc1[N+](=O)[O-])C1CCC(O)CC1. The van der Waals surface area contributed by atoms with Gasteiger partial charge in [0.1, 0.15) is 5.60 Å². The van der Waals surface area contributed by atoms with E-state index in [9.17, 15) is 20.0 Å². The van der Waals surface area contributed by atoms with Crippen LogP contribution in [0.25, 0.3) is 0 Å². The number of nitrogens with zero attached hydrogens (tertiary/aromatic N) is 2. The fourth-order valence-electron chi connectivity index (χ4n) is 3.04. The van der Waals surface area contributed by atoms with Crippen molar-refractivity contribution in [2.75, 3.05) is 0 Å². The lowest BCUT2D eigenvalue weighted by atomic mass is 9.92. The van der Waals surface area contributed by atoms with Crippen LogP contribution in [0.15, 0.2) is 24.3 Å². The minimum Gasteiger partial charge on any atom is -0.444 e. The topological polar surface area (TPSA) is 92.9 Å². The Balaban J connectivity index is 2.25. The summed E-state index contributed by atoms with van der Waals surface area (Å²) in [6.07, 6.45) is 1.71. The van der Waals surface area contributed by atoms with E-state index in [-0.39, 0.29) is 24.4 Å². The van der Waals surface area contributed by atoms with E-state index in [1.165, 1.54) is 6.07 Å². The van der Waals surface area contributed by atoms with Crippen molar-refractivity contribution in [2.24, 2.45) is 0 Å². The van der Waals surface area contributed by atoms with Crippen LogP contribution in [-0.4, -0.2) is 38.8 Å². The molecular formula is C18H26N2O5. The van der Waals surface area contributed by atoms with Gasteiger partial charge in [0.25, 0.3) is 5.69 Å². The summed E-state index contributed by atoms with van der Waals surface area (Å²) >= 11 is 0. The van der Waals surface area contributed by atoms with Gasteiger partial charge in [-0.15, -0.1) is 0 Å². The highest BCUT2D eigenvalue weighted by atomic mass is 16.6. The Morgan fingerprint density at radius 2 is 1.88 bits per heavy atom. The van der Waals surface area contributed by atoms with Crippen LogP contribution in [0.4, 0.5) is 10.5 Å². The number of hydrogen-bond donors (Lipinski definition) is 1. The largest absolute Gasteiger partial charge is 0.444 e. The Morgan fingerprint density at radius 3 is 2.44 bits per heavy atom. The Morgan fingerprint density at radius 1 is 1.28 bits per heavy atom. The van der Waals surface area contributed by atoms with E-state index < -0.39 is 16.6 Å². The molecule has 0 atom stereocenters. The maximum absolute atomic E-state index is 12.7. The number of benzene rings is 1. The molecule has 0 unspecified atom stereocenters. The number of carbonyl (C=O) groups is 1. The molecule has 138 valence electrons. The molecule has 1 N–H and O–H groups in total. The van der Waals surface area contributed by atoms with Gasteiger partial charge < -0.3 is 14.7 Å². The summed E-state index contributed by atoms with van der Waals surface area (Å²) in [5, 5.41) is 21.0. The number of nitro benzene ring substituents is 1. The first kappa shape index (κ1) is 19.2. The van der Waals surface area contributed by atoms with E-state index in [0.717, 1.165) is 0 Å². The standard InChI is InChI=1S/C18H26N2O5/c1-18(2,3)25-17(22)19(14-8-10-15(21)11-9-14)12-13-6-4-5-7-16(13)20(23)24/h4-7,14-15,21H,8-12H2,1-3H3. The molecule has 1 amide bonds. The van der Waals surface area contributed by atoms with Crippen molar-refractivity contribution in [2.45, 2.75) is 70.7 Å². The van der Waals surface area contributed by atoms with Gasteiger partial charge in [0, 0.05) is 17.7 Å². The summed E-state index contributed by atoms with van der Waals surface area (Å²) in [7, 11) is 0. The first-order valence-electron chi connectivity index (χ1n) is 8.57. The Kier molecular flexibility index (Phi) is 6.00. The predicted molar refractivity (Wildman–Crippen MR) is 93.1 cm³/mol. The molecular weight excluding hydrogens is 324 g/mol. The van der Waals surface area contributed by atoms with Gasteiger partial charge in [-0.05, 0) is 46.5 Å². The molecule has 0 bridgehead atoms. The summed E-state index contributed by atoms with van der Waals surface area (Å²) in [6.45, 7) is 5.49. The quantitative estimate of drug-likeness (QED) is 0.661. The Labute approximate surface area is 147 Å². The number of carbonyl (C=O) groups excluding carboxylic acids is 1. The van der Waals surface area contributed by atoms with Crippen molar-refractivity contribution in [3.05, 3.63) is 39.9 Å². The van der Waals surface area contributed by atoms with E-state index in [2.05, 4.69) is 0 Å². The molecule has 0 spiro atoms. The van der Waals surface area contributed by atoms with Crippen molar-refractivity contribution < 1.29 is 19.6 Å². The number of amides is 1. The highest BCUT2D eigenvalue weighted by molar-refractivity contribution is 5.69. The second kappa shape index (κ2) is 7.82. The third-order valence-electron chi connectivity index (χ3n) is 4.26. The first-order valence-corrected chi connectivity index (χ1v) is 8.57. The lowest BCUT2D eigenvalue weighted by molar-refractivity contribution is -0.385. The molecule has 7 nitrogen and oxygen atoms in total. The number of rotatable bonds is 4. The molecule has 25 heavy (non-hydrogen) atoms. The molecule has 1 aliphatic carbocycles. The van der Waals surface area contributed by atoms with Crippen LogP contribution in [-0.2, 0) is 11.3 Å². The average Bonchev–Trinajstić information content (AvgIpc) is 2.52. The van der Waals surface area contributed by atoms with Gasteiger partial charge in [0.15, 0.2) is 0 Å². The normalized spacial score (nSPS) is 20.8. The second-order valence-electron chi connectivity index (χ2n) is 7.46. The summed E-state index contributed by atoms with van der Waals surface area (Å²) in [5.41, 5.74) is -0.178. The molecule has 1 aromatic rings. The zero-order chi connectivity index (χ0) is 18.6. The maximum atomic E-state index is 12.7. The van der Waals surface area contributed by atoms with Crippen LogP contribution in [0, 0.1) is 10.1 Å². The van der Waals surface area contributed by atoms with Crippen molar-refractivity contribution in [3.63, 3.8) is 0 Å². The number of nitro groups is 1. The molecule has 0 heterocycles. The summed E-state index contributed by atoms with van der Waals surface area (Å²) in [4.78, 5) is 25.1. The van der Waals surface area contributed by atoms with Gasteiger partial charge in [-0.25, -0.2) is 4.79 Å². The van der Waals surface area contributed by atoms with Crippen LogP contribution < -0.4 is 0 Å². The van der Waals surface area contributed by atoms with Gasteiger partial charge in [-0.1, -0.05) is 18.2 Å². The fraction of sp³-hybridized carbons (Fsp3) is 0.611. The lowest BCUT2D eigenvalue weighted by Gasteiger charge is -2.36. The molecule has 0 saturated heterocycles. The number of ether oxygens (including phenoxy) is 1. The van der Waals surface area contributed by atoms with Crippen LogP contribution in [0.3, 0.4) is 0 Å². The molecule has 0 aliphatic heterocycles. The van der Waals surface area contributed by atoms with Crippen LogP contribution in [0.1, 0.15) is 52.0 Å². The molecule has 1 fully saturated rings. The van der Waals surface area contributed by atoms with E-state index in [0.29, 0.717) is 31.2 Å². The Bertz CT molecular complexity index is 618. The van der Waals surface area contributed by atoms with Gasteiger partial charge in [-0.3, -0.25) is 10.1 Å². The lowest BCUT2D eigenvalue weighted by Crippen LogP contribution is -2.45. The van der Waals surface area contributed by atoms with Crippen molar-refractivity contribution in [3.8, 4) is 0 Å². The van der Waals surface area contributed by atoms with Crippen LogP contribution in [0.2, 0.25) is 0 Å². The highest BCUT2D eigenvalue weighted by Gasteiger charge is 2.32. The minimum atomic E-state index is -0.647. The van der Waals surface area contributed by atoms with E-state index in [1.54, 1.807) is 43.9 Å². The zero-order valence-corrected chi connectivity index (χ0v) is 15.0. The number of para-hydroxylation sites is 1. The third kappa shape index (κ3) is 5.42. The van der Waals surface area contributed by atoms with Gasteiger partial charge >= 0.3 is 6.09 Å². The molecule has 7 heteroatoms. The number of aliphatic hydroxyl groups excluding tert-OH is 1. The first-order chi connectivity index (χ1) is 11.7. The molecule has 1 aromatic carbocycles. The van der Waals surface area contributed by atoms with Crippen LogP contribution >= 0.6 is 0 Å². The number of aliphatic hydroxyl groups is 1. The minimum absolute atomic E-state index is 0.00750. The average molecular weight is 350 g/mol. The van der Waals surface area contributed by atoms with Crippen LogP contribution in [0.5, 0.6) is 0 Å². The van der Waals surface area contributed by atoms with Crippen molar-refractivity contribution >= 4 is 11.8 Å². The van der Waals surface area contributed by atoms with Gasteiger partial charge in [0.2, 0.25) is 0 Å². The molecule has 1 saturated carbocycles. The van der Waals surface area contributed by atoms with Gasteiger partial charge in [-0.2, -0.15) is 0 Å². The smallest absolute Gasteiger partial charge is 0.410 e. The molecule has 0 radical (unpaired) electrons. The van der Waals surface area contributed by atoms with E-state index in [1.807, 2.05) is 0 Å². The fourth-order valence-corrected chi connectivity index (χ4v) is 3.04. The van der Waals surface area contributed by atoms with Crippen molar-refractivity contribution in [1.82, 2.24) is 4.90 Å². The van der Waals surface area contributed by atoms with Crippen molar-refractivity contribution in [1.29, 1.82) is 0 Å². The van der Waals surface area contributed by atoms with Gasteiger partial charge in [0.05, 0.1) is 17.6 Å². The molecule has 2 rings (SSSR count). The maximum Gasteiger partial charge on any atom is 0.410 e. The highest BCUT2D eigenvalue weighted by Crippen LogP contribution is 2.28. The Hall–Kier alpha value is -2.15.